The zero-order valence-corrected chi connectivity index (χ0v) is 18.1. The lowest BCUT2D eigenvalue weighted by atomic mass is 9.82. The molecule has 6 heteroatoms. The first kappa shape index (κ1) is 21.8. The lowest BCUT2D eigenvalue weighted by Crippen LogP contribution is -2.52. The number of amides is 2. The first-order valence-corrected chi connectivity index (χ1v) is 11.6. The predicted octanol–water partition coefficient (Wildman–Crippen LogP) is 4.62. The minimum atomic E-state index is -0.374. The Morgan fingerprint density at radius 3 is 2.39 bits per heavy atom. The van der Waals surface area contributed by atoms with E-state index in [0.717, 1.165) is 51.0 Å². The highest BCUT2D eigenvalue weighted by Gasteiger charge is 2.34. The Morgan fingerprint density at radius 1 is 1.03 bits per heavy atom. The van der Waals surface area contributed by atoms with Crippen molar-refractivity contribution >= 4 is 11.7 Å². The van der Waals surface area contributed by atoms with Gasteiger partial charge in [0.25, 0.3) is 0 Å². The van der Waals surface area contributed by atoms with Crippen LogP contribution < -0.4 is 10.6 Å². The fourth-order valence-electron chi connectivity index (χ4n) is 5.39. The molecular weight excluding hydrogens is 391 g/mol. The van der Waals surface area contributed by atoms with Crippen molar-refractivity contribution in [3.63, 3.8) is 0 Å². The number of aromatic nitrogens is 1. The molecule has 2 unspecified atom stereocenters. The number of rotatable bonds is 6. The molecule has 1 aromatic heterocycles. The SMILES string of the molecule is NC(=O)N(c1ccncc1)C1CCCCC1CN1CCC(Cc2ccc(F)cc2)CC1. The normalized spacial score (nSPS) is 22.9. The van der Waals surface area contributed by atoms with Crippen molar-refractivity contribution in [2.75, 3.05) is 24.5 Å². The van der Waals surface area contributed by atoms with Crippen molar-refractivity contribution in [1.29, 1.82) is 0 Å². The molecule has 4 rings (SSSR count). The number of benzene rings is 1. The average Bonchev–Trinajstić information content (AvgIpc) is 2.78. The van der Waals surface area contributed by atoms with E-state index in [1.807, 2.05) is 24.3 Å². The van der Waals surface area contributed by atoms with E-state index in [1.54, 1.807) is 29.4 Å². The molecule has 2 amide bonds. The lowest BCUT2D eigenvalue weighted by Gasteiger charge is -2.42. The summed E-state index contributed by atoms with van der Waals surface area (Å²) >= 11 is 0. The number of nitrogens with two attached hydrogens (primary N) is 1. The third-order valence-electron chi connectivity index (χ3n) is 7.02. The minimum Gasteiger partial charge on any atom is -0.351 e. The number of pyridine rings is 1. The molecule has 2 heterocycles. The molecule has 2 aromatic rings. The van der Waals surface area contributed by atoms with Crippen LogP contribution in [0, 0.1) is 17.7 Å². The van der Waals surface area contributed by atoms with Gasteiger partial charge in [0.05, 0.1) is 0 Å². The van der Waals surface area contributed by atoms with Crippen LogP contribution in [0.25, 0.3) is 0 Å². The molecule has 31 heavy (non-hydrogen) atoms. The summed E-state index contributed by atoms with van der Waals surface area (Å²) in [7, 11) is 0. The summed E-state index contributed by atoms with van der Waals surface area (Å²) in [5.41, 5.74) is 7.89. The first-order valence-electron chi connectivity index (χ1n) is 11.6. The zero-order chi connectivity index (χ0) is 21.6. The van der Waals surface area contributed by atoms with E-state index < -0.39 is 0 Å². The molecule has 0 spiro atoms. The molecule has 2 atom stereocenters. The summed E-state index contributed by atoms with van der Waals surface area (Å²) in [5, 5.41) is 0. The molecule has 1 aliphatic carbocycles. The van der Waals surface area contributed by atoms with Gasteiger partial charge in [-0.3, -0.25) is 9.88 Å². The zero-order valence-electron chi connectivity index (χ0n) is 18.1. The number of carbonyl (C=O) groups excluding carboxylic acids is 1. The van der Waals surface area contributed by atoms with Gasteiger partial charge in [-0.2, -0.15) is 0 Å². The van der Waals surface area contributed by atoms with Crippen molar-refractivity contribution in [3.05, 3.63) is 60.2 Å². The van der Waals surface area contributed by atoms with E-state index in [2.05, 4.69) is 9.88 Å². The maximum absolute atomic E-state index is 13.1. The third kappa shape index (κ3) is 5.62. The van der Waals surface area contributed by atoms with Gasteiger partial charge >= 0.3 is 6.03 Å². The molecule has 1 saturated heterocycles. The van der Waals surface area contributed by atoms with Gasteiger partial charge in [0.2, 0.25) is 0 Å². The Kier molecular flexibility index (Phi) is 7.17. The Hall–Kier alpha value is -2.47. The number of nitrogens with zero attached hydrogens (tertiary/aromatic N) is 3. The van der Waals surface area contributed by atoms with Gasteiger partial charge in [-0.15, -0.1) is 0 Å². The van der Waals surface area contributed by atoms with E-state index in [4.69, 9.17) is 5.73 Å². The summed E-state index contributed by atoms with van der Waals surface area (Å²) < 4.78 is 13.1. The van der Waals surface area contributed by atoms with Crippen molar-refractivity contribution in [3.8, 4) is 0 Å². The second-order valence-electron chi connectivity index (χ2n) is 9.10. The number of urea groups is 1. The smallest absolute Gasteiger partial charge is 0.319 e. The standard InChI is InChI=1S/C25H33FN4O/c26-22-7-5-19(6-8-22)17-20-11-15-29(16-12-20)18-21-3-1-2-4-24(21)30(25(27)31)23-9-13-28-14-10-23/h5-10,13-14,20-21,24H,1-4,11-12,15-18H2,(H2,27,31). The van der Waals surface area contributed by atoms with Crippen LogP contribution in [0.2, 0.25) is 0 Å². The van der Waals surface area contributed by atoms with Gasteiger partial charge in [-0.05, 0) is 86.9 Å². The predicted molar refractivity (Wildman–Crippen MR) is 121 cm³/mol. The maximum atomic E-state index is 13.1. The number of hydrogen-bond acceptors (Lipinski definition) is 3. The van der Waals surface area contributed by atoms with Gasteiger partial charge in [0.15, 0.2) is 0 Å². The Balaban J connectivity index is 1.35. The summed E-state index contributed by atoms with van der Waals surface area (Å²) in [4.78, 5) is 20.8. The van der Waals surface area contributed by atoms with Crippen LogP contribution in [0.15, 0.2) is 48.8 Å². The van der Waals surface area contributed by atoms with Crippen molar-refractivity contribution in [1.82, 2.24) is 9.88 Å². The van der Waals surface area contributed by atoms with Crippen LogP contribution in [0.4, 0.5) is 14.9 Å². The number of hydrogen-bond donors (Lipinski definition) is 1. The number of halogens is 1. The molecule has 166 valence electrons. The Bertz CT molecular complexity index is 836. The topological polar surface area (TPSA) is 62.5 Å². The van der Waals surface area contributed by atoms with E-state index in [-0.39, 0.29) is 17.9 Å². The van der Waals surface area contributed by atoms with Crippen LogP contribution in [0.1, 0.15) is 44.1 Å². The quantitative estimate of drug-likeness (QED) is 0.736. The third-order valence-corrected chi connectivity index (χ3v) is 7.02. The van der Waals surface area contributed by atoms with E-state index >= 15 is 0 Å². The fraction of sp³-hybridized carbons (Fsp3) is 0.520. The molecule has 0 bridgehead atoms. The van der Waals surface area contributed by atoms with Gasteiger partial charge in [0.1, 0.15) is 5.82 Å². The summed E-state index contributed by atoms with van der Waals surface area (Å²) in [6.07, 6.45) is 11.3. The van der Waals surface area contributed by atoms with Gasteiger partial charge in [-0.25, -0.2) is 9.18 Å². The molecule has 1 aliphatic heterocycles. The molecule has 1 aromatic carbocycles. The number of carbonyl (C=O) groups is 1. The highest BCUT2D eigenvalue weighted by molar-refractivity contribution is 5.91. The second kappa shape index (κ2) is 10.2. The van der Waals surface area contributed by atoms with Crippen molar-refractivity contribution in [2.45, 2.75) is 51.0 Å². The molecule has 2 fully saturated rings. The lowest BCUT2D eigenvalue weighted by molar-refractivity contribution is 0.135. The van der Waals surface area contributed by atoms with E-state index in [0.29, 0.717) is 11.8 Å². The summed E-state index contributed by atoms with van der Waals surface area (Å²) in [5.74, 6) is 0.920. The van der Waals surface area contributed by atoms with Crippen LogP contribution >= 0.6 is 0 Å². The van der Waals surface area contributed by atoms with Crippen LogP contribution in [-0.2, 0) is 6.42 Å². The van der Waals surface area contributed by atoms with Gasteiger partial charge in [0, 0.05) is 30.7 Å². The van der Waals surface area contributed by atoms with Crippen LogP contribution in [0.3, 0.4) is 0 Å². The molecule has 2 N–H and O–H groups in total. The molecule has 5 nitrogen and oxygen atoms in total. The Labute approximate surface area is 184 Å². The highest BCUT2D eigenvalue weighted by Crippen LogP contribution is 2.33. The highest BCUT2D eigenvalue weighted by atomic mass is 19.1. The minimum absolute atomic E-state index is 0.144. The van der Waals surface area contributed by atoms with Crippen LogP contribution in [-0.4, -0.2) is 41.6 Å². The summed E-state index contributed by atoms with van der Waals surface area (Å²) in [6.45, 7) is 3.19. The molecule has 0 radical (unpaired) electrons. The largest absolute Gasteiger partial charge is 0.351 e. The first-order chi connectivity index (χ1) is 15.1. The van der Waals surface area contributed by atoms with Gasteiger partial charge in [-0.1, -0.05) is 25.0 Å². The molecular formula is C25H33FN4O. The average molecular weight is 425 g/mol. The van der Waals surface area contributed by atoms with Crippen molar-refractivity contribution in [2.24, 2.45) is 17.6 Å². The number of piperidine rings is 1. The second-order valence-corrected chi connectivity index (χ2v) is 9.10. The number of anilines is 1. The van der Waals surface area contributed by atoms with E-state index in [9.17, 15) is 9.18 Å². The fourth-order valence-corrected chi connectivity index (χ4v) is 5.39. The molecule has 2 aliphatic rings. The Morgan fingerprint density at radius 2 is 1.71 bits per heavy atom. The maximum Gasteiger partial charge on any atom is 0.319 e. The van der Waals surface area contributed by atoms with Gasteiger partial charge < -0.3 is 10.6 Å². The number of likely N-dealkylation sites (tertiary alicyclic amines) is 1. The monoisotopic (exact) mass is 424 g/mol. The molecule has 1 saturated carbocycles. The van der Waals surface area contributed by atoms with Crippen molar-refractivity contribution < 1.29 is 9.18 Å². The number of primary amides is 1. The van der Waals surface area contributed by atoms with E-state index in [1.165, 1.54) is 24.8 Å². The van der Waals surface area contributed by atoms with Crippen LogP contribution in [0.5, 0.6) is 0 Å². The summed E-state index contributed by atoms with van der Waals surface area (Å²) in [6, 6.07) is 10.4.